The molecule has 1 aliphatic heterocycles. The first-order valence-electron chi connectivity index (χ1n) is 7.44. The van der Waals surface area contributed by atoms with Crippen LogP contribution in [0.4, 0.5) is 13.2 Å². The molecule has 0 unspecified atom stereocenters. The van der Waals surface area contributed by atoms with Crippen molar-refractivity contribution in [2.24, 2.45) is 0 Å². The van der Waals surface area contributed by atoms with Gasteiger partial charge in [-0.15, -0.1) is 44.6 Å². The highest BCUT2D eigenvalue weighted by molar-refractivity contribution is 5.85. The molecule has 144 valence electrons. The number of nitrogens with one attached hydrogen (secondary N) is 1. The molecule has 0 saturated carbocycles. The molecule has 1 fully saturated rings. The number of methoxy groups -OCH3 is 1. The molecule has 1 saturated heterocycles. The van der Waals surface area contributed by atoms with Gasteiger partial charge in [-0.1, -0.05) is 6.08 Å². The second-order valence-corrected chi connectivity index (χ2v) is 5.28. The summed E-state index contributed by atoms with van der Waals surface area (Å²) in [6.07, 6.45) is -2.33. The maximum atomic E-state index is 12.5. The van der Waals surface area contributed by atoms with E-state index >= 15 is 0 Å². The SMILES string of the molecule is C=CC[C@@H](c1cc(OC(F)(F)F)ccc1OC)N1CCNCC1.Cl.Cl. The number of piperazine rings is 1. The van der Waals surface area contributed by atoms with Gasteiger partial charge in [0.2, 0.25) is 0 Å². The topological polar surface area (TPSA) is 33.7 Å². The van der Waals surface area contributed by atoms with Crippen LogP contribution in [0, 0.1) is 0 Å². The highest BCUT2D eigenvalue weighted by atomic mass is 35.5. The molecule has 1 aliphatic rings. The molecule has 0 aromatic heterocycles. The zero-order chi connectivity index (χ0) is 16.9. The summed E-state index contributed by atoms with van der Waals surface area (Å²) in [5, 5.41) is 3.26. The largest absolute Gasteiger partial charge is 0.573 e. The molecule has 4 nitrogen and oxygen atoms in total. The Labute approximate surface area is 158 Å². The van der Waals surface area contributed by atoms with Crippen LogP contribution in [0.2, 0.25) is 0 Å². The second-order valence-electron chi connectivity index (χ2n) is 5.28. The second kappa shape index (κ2) is 10.8. The van der Waals surface area contributed by atoms with E-state index in [2.05, 4.69) is 21.5 Å². The van der Waals surface area contributed by atoms with E-state index in [1.807, 2.05) is 0 Å². The summed E-state index contributed by atoms with van der Waals surface area (Å²) in [4.78, 5) is 2.22. The van der Waals surface area contributed by atoms with Crippen LogP contribution in [-0.4, -0.2) is 44.6 Å². The molecule has 1 aromatic carbocycles. The Bertz CT molecular complexity index is 539. The molecule has 0 bridgehead atoms. The number of hydrogen-bond acceptors (Lipinski definition) is 4. The van der Waals surface area contributed by atoms with Crippen molar-refractivity contribution < 1.29 is 22.6 Å². The monoisotopic (exact) mass is 402 g/mol. The molecule has 2 rings (SSSR count). The molecule has 0 radical (unpaired) electrons. The number of rotatable bonds is 6. The van der Waals surface area contributed by atoms with Gasteiger partial charge in [0.25, 0.3) is 0 Å². The molecule has 0 amide bonds. The van der Waals surface area contributed by atoms with Gasteiger partial charge in [-0.3, -0.25) is 4.90 Å². The van der Waals surface area contributed by atoms with Crippen molar-refractivity contribution in [2.75, 3.05) is 33.3 Å². The predicted molar refractivity (Wildman–Crippen MR) is 96.2 cm³/mol. The van der Waals surface area contributed by atoms with Gasteiger partial charge in [-0.05, 0) is 24.6 Å². The number of ether oxygens (including phenoxy) is 2. The number of nitrogens with zero attached hydrogens (tertiary/aromatic N) is 1. The van der Waals surface area contributed by atoms with E-state index in [0.717, 1.165) is 26.2 Å². The van der Waals surface area contributed by atoms with Crippen LogP contribution < -0.4 is 14.8 Å². The van der Waals surface area contributed by atoms with Crippen LogP contribution in [0.25, 0.3) is 0 Å². The van der Waals surface area contributed by atoms with Crippen molar-refractivity contribution in [3.05, 3.63) is 36.4 Å². The lowest BCUT2D eigenvalue weighted by Crippen LogP contribution is -2.45. The van der Waals surface area contributed by atoms with E-state index in [1.54, 1.807) is 6.08 Å². The molecule has 25 heavy (non-hydrogen) atoms. The minimum absolute atomic E-state index is 0. The summed E-state index contributed by atoms with van der Waals surface area (Å²) in [5.41, 5.74) is 0.677. The molecule has 0 aliphatic carbocycles. The van der Waals surface area contributed by atoms with Gasteiger partial charge in [0.1, 0.15) is 11.5 Å². The summed E-state index contributed by atoms with van der Waals surface area (Å²) in [6.45, 7) is 7.07. The smallest absolute Gasteiger partial charge is 0.496 e. The fourth-order valence-corrected chi connectivity index (χ4v) is 2.79. The summed E-state index contributed by atoms with van der Waals surface area (Å²) in [7, 11) is 1.51. The van der Waals surface area contributed by atoms with Gasteiger partial charge in [0.15, 0.2) is 0 Å². The average molecular weight is 403 g/mol. The highest BCUT2D eigenvalue weighted by Gasteiger charge is 2.32. The average Bonchev–Trinajstić information content (AvgIpc) is 2.52. The normalized spacial score (nSPS) is 16.2. The van der Waals surface area contributed by atoms with Gasteiger partial charge in [0.05, 0.1) is 7.11 Å². The Balaban J connectivity index is 0.00000288. The van der Waals surface area contributed by atoms with Crippen molar-refractivity contribution in [3.63, 3.8) is 0 Å². The van der Waals surface area contributed by atoms with Crippen molar-refractivity contribution in [1.29, 1.82) is 0 Å². The Morgan fingerprint density at radius 1 is 1.28 bits per heavy atom. The summed E-state index contributed by atoms with van der Waals surface area (Å²) in [5.74, 6) is 0.308. The number of alkyl halides is 3. The quantitative estimate of drug-likeness (QED) is 0.730. The molecule has 1 atom stereocenters. The fraction of sp³-hybridized carbons (Fsp3) is 0.500. The highest BCUT2D eigenvalue weighted by Crippen LogP contribution is 2.36. The Hall–Kier alpha value is -1.15. The molecular weight excluding hydrogens is 380 g/mol. The van der Waals surface area contributed by atoms with Gasteiger partial charge < -0.3 is 14.8 Å². The minimum atomic E-state index is -4.71. The number of hydrogen-bond donors (Lipinski definition) is 1. The molecule has 1 aromatic rings. The summed E-state index contributed by atoms with van der Waals surface area (Å²) >= 11 is 0. The van der Waals surface area contributed by atoms with E-state index < -0.39 is 6.36 Å². The maximum Gasteiger partial charge on any atom is 0.573 e. The van der Waals surface area contributed by atoms with Gasteiger partial charge in [-0.25, -0.2) is 0 Å². The Morgan fingerprint density at radius 2 is 1.92 bits per heavy atom. The molecular formula is C16H23Cl2F3N2O2. The van der Waals surface area contributed by atoms with E-state index in [1.165, 1.54) is 25.3 Å². The third kappa shape index (κ3) is 6.93. The van der Waals surface area contributed by atoms with Crippen molar-refractivity contribution in [3.8, 4) is 11.5 Å². The third-order valence-corrected chi connectivity index (χ3v) is 3.78. The minimum Gasteiger partial charge on any atom is -0.496 e. The molecule has 9 heteroatoms. The molecule has 1 heterocycles. The van der Waals surface area contributed by atoms with Crippen molar-refractivity contribution >= 4 is 24.8 Å². The first kappa shape index (κ1) is 23.9. The lowest BCUT2D eigenvalue weighted by atomic mass is 9.99. The van der Waals surface area contributed by atoms with Crippen LogP contribution in [0.5, 0.6) is 11.5 Å². The van der Waals surface area contributed by atoms with Crippen LogP contribution in [-0.2, 0) is 0 Å². The Morgan fingerprint density at radius 3 is 2.44 bits per heavy atom. The lowest BCUT2D eigenvalue weighted by Gasteiger charge is -2.35. The van der Waals surface area contributed by atoms with E-state index in [0.29, 0.717) is 17.7 Å². The van der Waals surface area contributed by atoms with E-state index in [9.17, 15) is 13.2 Å². The predicted octanol–water partition coefficient (Wildman–Crippen LogP) is 3.96. The lowest BCUT2D eigenvalue weighted by molar-refractivity contribution is -0.274. The molecule has 1 N–H and O–H groups in total. The van der Waals surface area contributed by atoms with Gasteiger partial charge in [0, 0.05) is 37.8 Å². The summed E-state index contributed by atoms with van der Waals surface area (Å²) in [6, 6.07) is 4.08. The first-order chi connectivity index (χ1) is 10.9. The first-order valence-corrected chi connectivity index (χ1v) is 7.44. The standard InChI is InChI=1S/C16H21F3N2O2.2ClH/c1-3-4-14(21-9-7-20-8-10-21)13-11-12(23-16(17,18)19)5-6-15(13)22-2;;/h3,5-6,11,14,20H,1,4,7-10H2,2H3;2*1H/t14-;;/m0../s1. The van der Waals surface area contributed by atoms with Crippen LogP contribution >= 0.6 is 24.8 Å². The zero-order valence-electron chi connectivity index (χ0n) is 13.8. The van der Waals surface area contributed by atoms with Gasteiger partial charge in [-0.2, -0.15) is 0 Å². The van der Waals surface area contributed by atoms with Crippen molar-refractivity contribution in [2.45, 2.75) is 18.8 Å². The number of halogens is 5. The number of benzene rings is 1. The van der Waals surface area contributed by atoms with E-state index in [4.69, 9.17) is 4.74 Å². The van der Waals surface area contributed by atoms with Crippen LogP contribution in [0.15, 0.2) is 30.9 Å². The van der Waals surface area contributed by atoms with E-state index in [-0.39, 0.29) is 36.6 Å². The Kier molecular flexibility index (Phi) is 10.3. The van der Waals surface area contributed by atoms with Crippen LogP contribution in [0.1, 0.15) is 18.0 Å². The van der Waals surface area contributed by atoms with Gasteiger partial charge >= 0.3 is 6.36 Å². The summed E-state index contributed by atoms with van der Waals surface area (Å²) < 4.78 is 46.8. The van der Waals surface area contributed by atoms with Crippen LogP contribution in [0.3, 0.4) is 0 Å². The maximum absolute atomic E-state index is 12.5. The molecule has 0 spiro atoms. The third-order valence-electron chi connectivity index (χ3n) is 3.78. The van der Waals surface area contributed by atoms with Crippen molar-refractivity contribution in [1.82, 2.24) is 10.2 Å². The fourth-order valence-electron chi connectivity index (χ4n) is 2.79. The zero-order valence-corrected chi connectivity index (χ0v) is 15.5.